The molecular formula is C40H77N17O8. The molecular weight excluding hydrogens is 847 g/mol. The molecule has 1 saturated heterocycles. The van der Waals surface area contributed by atoms with Crippen LogP contribution in [0.4, 0.5) is 0 Å². The van der Waals surface area contributed by atoms with Gasteiger partial charge >= 0.3 is 5.97 Å². The van der Waals surface area contributed by atoms with E-state index >= 15 is 0 Å². The summed E-state index contributed by atoms with van der Waals surface area (Å²) in [5, 5.41) is 29.0. The summed E-state index contributed by atoms with van der Waals surface area (Å²) in [5.74, 6) is -6.44. The Kier molecular flexibility index (Phi) is 27.2. The summed E-state index contributed by atoms with van der Waals surface area (Å²) in [6, 6.07) is -7.74. The standard InChI is InChI=1S/C40H77N17O8/c1-22(2)21-29(35(62)55-28(37(64)65)11-5-6-16-41)56-33(60)26(14-9-19-50-39(44)45)54-36(63)30(23(3)4)57-34(61)27(15-10-20-51-40(46)47)53-32(59)25(13-8-18-49-38(42)43)52-31(58)24-12-7-17-48-24/h22-30,48H,5-21,41H2,1-4H3,(H,52,58)(H,53,59)(H,54,63)(H,55,62)(H,56,60)(H,57,61)(H,64,65)(H4,42,43,49)(H4,44,45,50)(H4,46,47,51)/t24-,25-,26-,27-,28-,29-,30-/m0/s1. The largest absolute Gasteiger partial charge is 0.480 e. The van der Waals surface area contributed by atoms with Gasteiger partial charge in [-0.25, -0.2) is 4.79 Å². The quantitative estimate of drug-likeness (QED) is 0.0173. The third-order valence-corrected chi connectivity index (χ3v) is 10.3. The maximum Gasteiger partial charge on any atom is 0.326 e. The van der Waals surface area contributed by atoms with Crippen molar-refractivity contribution in [2.45, 2.75) is 147 Å². The van der Waals surface area contributed by atoms with Crippen molar-refractivity contribution in [3.05, 3.63) is 0 Å². The monoisotopic (exact) mass is 924 g/mol. The fourth-order valence-electron chi connectivity index (χ4n) is 6.82. The van der Waals surface area contributed by atoms with Gasteiger partial charge in [0.15, 0.2) is 17.9 Å². The molecule has 22 N–H and O–H groups in total. The van der Waals surface area contributed by atoms with Gasteiger partial charge in [0.25, 0.3) is 0 Å². The van der Waals surface area contributed by atoms with Crippen molar-refractivity contribution in [2.75, 3.05) is 32.7 Å². The normalized spacial score (nSPS) is 16.1. The van der Waals surface area contributed by atoms with Crippen molar-refractivity contribution in [2.24, 2.45) is 66.9 Å². The molecule has 0 bridgehead atoms. The molecule has 0 spiro atoms. The molecule has 0 saturated carbocycles. The number of hydrogen-bond donors (Lipinski definition) is 15. The van der Waals surface area contributed by atoms with E-state index in [9.17, 15) is 38.7 Å². The average molecular weight is 924 g/mol. The minimum atomic E-state index is -1.27. The lowest BCUT2D eigenvalue weighted by Crippen LogP contribution is -2.60. The van der Waals surface area contributed by atoms with Crippen LogP contribution in [0.15, 0.2) is 15.0 Å². The highest BCUT2D eigenvalue weighted by Gasteiger charge is 2.35. The highest BCUT2D eigenvalue weighted by atomic mass is 16.4. The summed E-state index contributed by atoms with van der Waals surface area (Å²) in [4.78, 5) is 107. The molecule has 25 heteroatoms. The predicted octanol–water partition coefficient (Wildman–Crippen LogP) is -4.28. The second-order valence-corrected chi connectivity index (χ2v) is 16.8. The van der Waals surface area contributed by atoms with Gasteiger partial charge in [-0.05, 0) is 102 Å². The second-order valence-electron chi connectivity index (χ2n) is 16.8. The van der Waals surface area contributed by atoms with Gasteiger partial charge in [0, 0.05) is 19.6 Å². The van der Waals surface area contributed by atoms with Crippen molar-refractivity contribution in [1.29, 1.82) is 0 Å². The van der Waals surface area contributed by atoms with Gasteiger partial charge in [-0.1, -0.05) is 27.7 Å². The highest BCUT2D eigenvalue weighted by Crippen LogP contribution is 2.12. The number of carbonyl (C=O) groups is 7. The molecule has 370 valence electrons. The Bertz CT molecular complexity index is 1620. The molecule has 7 atom stereocenters. The first kappa shape index (κ1) is 57.0. The van der Waals surface area contributed by atoms with Crippen molar-refractivity contribution >= 4 is 59.3 Å². The van der Waals surface area contributed by atoms with E-state index in [2.05, 4.69) is 52.2 Å². The Morgan fingerprint density at radius 2 is 0.985 bits per heavy atom. The number of aliphatic carboxylic acids is 1. The Labute approximate surface area is 381 Å². The second kappa shape index (κ2) is 31.0. The van der Waals surface area contributed by atoms with E-state index in [0.717, 1.165) is 6.42 Å². The third-order valence-electron chi connectivity index (χ3n) is 10.3. The van der Waals surface area contributed by atoms with Crippen LogP contribution in [0.2, 0.25) is 0 Å². The van der Waals surface area contributed by atoms with Gasteiger partial charge in [0.2, 0.25) is 35.4 Å². The van der Waals surface area contributed by atoms with Gasteiger partial charge < -0.3 is 82.5 Å². The van der Waals surface area contributed by atoms with E-state index in [1.807, 2.05) is 13.8 Å². The zero-order chi connectivity index (χ0) is 49.1. The lowest BCUT2D eigenvalue weighted by atomic mass is 9.99. The van der Waals surface area contributed by atoms with Crippen LogP contribution in [-0.2, 0) is 33.6 Å². The van der Waals surface area contributed by atoms with E-state index < -0.39 is 83.7 Å². The Morgan fingerprint density at radius 3 is 1.40 bits per heavy atom. The summed E-state index contributed by atoms with van der Waals surface area (Å²) in [6.07, 6.45) is 3.54. The number of carbonyl (C=O) groups excluding carboxylic acids is 6. The van der Waals surface area contributed by atoms with Crippen LogP contribution < -0.4 is 77.4 Å². The molecule has 1 fully saturated rings. The van der Waals surface area contributed by atoms with Crippen LogP contribution in [-0.4, -0.2) is 139 Å². The lowest BCUT2D eigenvalue weighted by molar-refractivity contribution is -0.142. The molecule has 0 aromatic heterocycles. The van der Waals surface area contributed by atoms with Gasteiger partial charge in [-0.3, -0.25) is 43.7 Å². The van der Waals surface area contributed by atoms with E-state index in [0.29, 0.717) is 38.8 Å². The third kappa shape index (κ3) is 24.0. The summed E-state index contributed by atoms with van der Waals surface area (Å²) in [6.45, 7) is 8.36. The first-order chi connectivity index (χ1) is 30.7. The zero-order valence-corrected chi connectivity index (χ0v) is 38.4. The molecule has 0 aromatic rings. The minimum absolute atomic E-state index is 0.00385. The smallest absolute Gasteiger partial charge is 0.326 e. The Balaban J connectivity index is 3.43. The molecule has 25 nitrogen and oxygen atoms in total. The van der Waals surface area contributed by atoms with Crippen LogP contribution in [0, 0.1) is 11.8 Å². The maximum atomic E-state index is 14.1. The number of rotatable bonds is 32. The number of nitrogens with two attached hydrogens (primary N) is 7. The maximum absolute atomic E-state index is 14.1. The number of aliphatic imine (C=N–C) groups is 3. The molecule has 1 heterocycles. The van der Waals surface area contributed by atoms with Crippen LogP contribution in [0.3, 0.4) is 0 Å². The van der Waals surface area contributed by atoms with Gasteiger partial charge in [-0.2, -0.15) is 0 Å². The molecule has 1 aliphatic heterocycles. The van der Waals surface area contributed by atoms with E-state index in [1.165, 1.54) is 0 Å². The molecule has 1 rings (SSSR count). The number of carboxylic acids is 1. The highest BCUT2D eigenvalue weighted by molar-refractivity contribution is 5.97. The topological polar surface area (TPSA) is 443 Å². The fourth-order valence-corrected chi connectivity index (χ4v) is 6.82. The van der Waals surface area contributed by atoms with Gasteiger partial charge in [0.1, 0.15) is 36.3 Å². The Hall–Kier alpha value is -5.98. The van der Waals surface area contributed by atoms with Crippen LogP contribution in [0.1, 0.15) is 105 Å². The van der Waals surface area contributed by atoms with Gasteiger partial charge in [-0.15, -0.1) is 0 Å². The van der Waals surface area contributed by atoms with E-state index in [-0.39, 0.29) is 94.3 Å². The number of carboxylic acid groups (broad SMARTS) is 1. The number of hydrogen-bond acceptors (Lipinski definition) is 12. The number of nitrogens with one attached hydrogen (secondary N) is 7. The summed E-state index contributed by atoms with van der Waals surface area (Å²) in [5.41, 5.74) is 38.4. The SMILES string of the molecule is CC(C)C[C@H](NC(=O)[C@H](CCCN=C(N)N)NC(=O)[C@@H](NC(=O)[C@H](CCCN=C(N)N)NC(=O)[C@H](CCCN=C(N)N)NC(=O)[C@@H]1CCCN1)C(C)C)C(=O)N[C@@H](CCCCN)C(=O)O. The molecule has 0 aromatic carbocycles. The molecule has 0 unspecified atom stereocenters. The molecule has 6 amide bonds. The van der Waals surface area contributed by atoms with Crippen molar-refractivity contribution in [1.82, 2.24) is 37.2 Å². The van der Waals surface area contributed by atoms with E-state index in [4.69, 9.17) is 40.1 Å². The number of unbranched alkanes of at least 4 members (excludes halogenated alkanes) is 1. The van der Waals surface area contributed by atoms with Crippen LogP contribution >= 0.6 is 0 Å². The number of nitrogens with zero attached hydrogens (tertiary/aromatic N) is 3. The summed E-state index contributed by atoms with van der Waals surface area (Å²) < 4.78 is 0. The van der Waals surface area contributed by atoms with Crippen LogP contribution in [0.5, 0.6) is 0 Å². The first-order valence-corrected chi connectivity index (χ1v) is 22.3. The fraction of sp³-hybridized carbons (Fsp3) is 0.750. The first-order valence-electron chi connectivity index (χ1n) is 22.3. The summed E-state index contributed by atoms with van der Waals surface area (Å²) in [7, 11) is 0. The molecule has 65 heavy (non-hydrogen) atoms. The molecule has 0 radical (unpaired) electrons. The number of amides is 6. The van der Waals surface area contributed by atoms with E-state index in [1.54, 1.807) is 13.8 Å². The molecule has 0 aliphatic carbocycles. The van der Waals surface area contributed by atoms with Crippen molar-refractivity contribution in [3.8, 4) is 0 Å². The zero-order valence-electron chi connectivity index (χ0n) is 38.4. The van der Waals surface area contributed by atoms with Crippen LogP contribution in [0.25, 0.3) is 0 Å². The summed E-state index contributed by atoms with van der Waals surface area (Å²) >= 11 is 0. The van der Waals surface area contributed by atoms with Gasteiger partial charge in [0.05, 0.1) is 6.04 Å². The predicted molar refractivity (Wildman–Crippen MR) is 247 cm³/mol. The molecule has 1 aliphatic rings. The minimum Gasteiger partial charge on any atom is -0.480 e. The lowest BCUT2D eigenvalue weighted by Gasteiger charge is -2.29. The average Bonchev–Trinajstić information content (AvgIpc) is 3.77. The van der Waals surface area contributed by atoms with Crippen molar-refractivity contribution < 1.29 is 38.7 Å². The number of guanidine groups is 3. The van der Waals surface area contributed by atoms with Crippen molar-refractivity contribution in [3.63, 3.8) is 0 Å². The Morgan fingerprint density at radius 1 is 0.569 bits per heavy atom.